The zero-order valence-corrected chi connectivity index (χ0v) is 36.4. The molecule has 0 unspecified atom stereocenters. The maximum atomic E-state index is 11.5. The SMILES string of the molecule is CC(C)(C)C1CCC(Oc2ccc3cc(CN4CC(C(=O)O)C4)ccc3n2)CC1.COC(=O)C1CN(Cc2ccc3nc(OC4CCC(C(C)(C)C)CC4)ccc3c2)C1. The molecule has 0 spiro atoms. The number of carbonyl (C=O) groups is 2. The average molecular weight is 807 g/mol. The number of hydrogen-bond donors (Lipinski definition) is 1. The molecule has 10 heteroatoms. The first kappa shape index (κ1) is 42.8. The Morgan fingerprint density at radius 3 is 1.39 bits per heavy atom. The van der Waals surface area contributed by atoms with E-state index in [1.165, 1.54) is 43.9 Å². The molecule has 2 aromatic carbocycles. The fourth-order valence-electron chi connectivity index (χ4n) is 9.46. The van der Waals surface area contributed by atoms with Gasteiger partial charge in [0, 0.05) is 62.2 Å². The van der Waals surface area contributed by atoms with E-state index < -0.39 is 5.97 Å². The zero-order valence-electron chi connectivity index (χ0n) is 36.4. The number of carbonyl (C=O) groups excluding carboxylic acids is 1. The Labute approximate surface area is 351 Å². The summed E-state index contributed by atoms with van der Waals surface area (Å²) in [6.07, 6.45) is 9.91. The van der Waals surface area contributed by atoms with E-state index in [4.69, 9.17) is 29.3 Å². The number of rotatable bonds is 10. The number of likely N-dealkylation sites (tertiary alicyclic amines) is 2. The van der Waals surface area contributed by atoms with Crippen molar-refractivity contribution in [3.8, 4) is 11.8 Å². The molecule has 0 radical (unpaired) electrons. The monoisotopic (exact) mass is 806 g/mol. The molecular formula is C49H66N4O6. The topological polar surface area (TPSA) is 114 Å². The first-order valence-electron chi connectivity index (χ1n) is 22.0. The largest absolute Gasteiger partial charge is 0.481 e. The van der Waals surface area contributed by atoms with Gasteiger partial charge in [0.15, 0.2) is 0 Å². The van der Waals surface area contributed by atoms with Crippen LogP contribution in [0.5, 0.6) is 11.8 Å². The van der Waals surface area contributed by atoms with Crippen LogP contribution in [0.15, 0.2) is 60.7 Å². The van der Waals surface area contributed by atoms with Gasteiger partial charge in [-0.05, 0) is 122 Å². The number of pyridine rings is 2. The summed E-state index contributed by atoms with van der Waals surface area (Å²) in [6, 6.07) is 20.8. The standard InChI is InChI=1S/C25H34N2O3.C24H32N2O3/c1-25(2,3)20-7-9-21(10-8-20)30-23-12-6-18-13-17(5-11-22(18)26-23)14-27-15-19(16-27)24(28)29-4;1-24(2,3)19-6-8-20(9-7-19)29-22-11-5-17-12-16(4-10-21(17)25-22)13-26-14-18(15-26)23(27)28/h5-6,11-13,19-21H,7-10,14-16H2,1-4H3;4-5,10-12,18-20H,6-9,13-15H2,1-3H3,(H,27,28). The van der Waals surface area contributed by atoms with Crippen LogP contribution in [-0.4, -0.2) is 82.3 Å². The third-order valence-corrected chi connectivity index (χ3v) is 13.4. The van der Waals surface area contributed by atoms with Gasteiger partial charge in [-0.25, -0.2) is 9.97 Å². The van der Waals surface area contributed by atoms with Crippen LogP contribution < -0.4 is 9.47 Å². The van der Waals surface area contributed by atoms with Crippen LogP contribution in [0.1, 0.15) is 104 Å². The number of ether oxygens (including phenoxy) is 3. The molecule has 2 saturated carbocycles. The number of nitrogens with zero attached hydrogens (tertiary/aromatic N) is 4. The molecule has 0 bridgehead atoms. The lowest BCUT2D eigenvalue weighted by atomic mass is 9.72. The van der Waals surface area contributed by atoms with Crippen LogP contribution in [0.25, 0.3) is 21.8 Å². The molecule has 4 heterocycles. The highest BCUT2D eigenvalue weighted by molar-refractivity contribution is 5.80. The Bertz CT molecular complexity index is 2060. The van der Waals surface area contributed by atoms with Gasteiger partial charge >= 0.3 is 11.9 Å². The van der Waals surface area contributed by atoms with Crippen molar-refractivity contribution in [2.45, 2.75) is 118 Å². The van der Waals surface area contributed by atoms with Crippen molar-refractivity contribution in [1.29, 1.82) is 0 Å². The lowest BCUT2D eigenvalue weighted by molar-refractivity contribution is -0.151. The van der Waals surface area contributed by atoms with E-state index in [0.717, 1.165) is 97.3 Å². The number of hydrogen-bond acceptors (Lipinski definition) is 9. The van der Waals surface area contributed by atoms with Crippen molar-refractivity contribution >= 4 is 33.7 Å². The van der Waals surface area contributed by atoms with E-state index in [1.807, 2.05) is 18.2 Å². The van der Waals surface area contributed by atoms with Crippen LogP contribution in [0, 0.1) is 34.5 Å². The number of fused-ring (bicyclic) bond motifs is 2. The van der Waals surface area contributed by atoms with Crippen LogP contribution >= 0.6 is 0 Å². The van der Waals surface area contributed by atoms with Crippen molar-refractivity contribution in [2.75, 3.05) is 33.3 Å². The van der Waals surface area contributed by atoms with E-state index in [1.54, 1.807) is 0 Å². The van der Waals surface area contributed by atoms with Gasteiger partial charge in [-0.3, -0.25) is 19.4 Å². The molecule has 10 nitrogen and oxygen atoms in total. The van der Waals surface area contributed by atoms with E-state index in [9.17, 15) is 9.59 Å². The fourth-order valence-corrected chi connectivity index (χ4v) is 9.46. The van der Waals surface area contributed by atoms with Crippen molar-refractivity contribution in [1.82, 2.24) is 19.8 Å². The molecule has 4 aromatic rings. The summed E-state index contributed by atoms with van der Waals surface area (Å²) in [5.41, 5.74) is 5.12. The van der Waals surface area contributed by atoms with Crippen molar-refractivity contribution in [3.63, 3.8) is 0 Å². The lowest BCUT2D eigenvalue weighted by Gasteiger charge is -2.37. The van der Waals surface area contributed by atoms with Crippen LogP contribution in [-0.2, 0) is 27.4 Å². The van der Waals surface area contributed by atoms with Gasteiger partial charge in [-0.2, -0.15) is 0 Å². The molecule has 4 aliphatic rings. The number of aromatic nitrogens is 2. The number of carboxylic acids is 1. The van der Waals surface area contributed by atoms with E-state index in [0.29, 0.717) is 23.9 Å². The van der Waals surface area contributed by atoms with Crippen molar-refractivity contribution < 1.29 is 28.9 Å². The molecule has 0 atom stereocenters. The molecule has 2 aliphatic carbocycles. The number of carboxylic acid groups (broad SMARTS) is 1. The fraction of sp³-hybridized carbons (Fsp3) is 0.592. The zero-order chi connectivity index (χ0) is 41.9. The minimum absolute atomic E-state index is 0.0234. The van der Waals surface area contributed by atoms with Gasteiger partial charge in [0.2, 0.25) is 11.8 Å². The van der Waals surface area contributed by atoms with Gasteiger partial charge in [0.25, 0.3) is 0 Å². The molecule has 2 saturated heterocycles. The summed E-state index contributed by atoms with van der Waals surface area (Å²) in [5, 5.41) is 11.2. The van der Waals surface area contributed by atoms with Crippen LogP contribution in [0.3, 0.4) is 0 Å². The summed E-state index contributed by atoms with van der Waals surface area (Å²) in [6.45, 7) is 18.5. The molecule has 2 aromatic heterocycles. The maximum absolute atomic E-state index is 11.5. The molecule has 0 amide bonds. The summed E-state index contributed by atoms with van der Waals surface area (Å²) < 4.78 is 17.2. The molecule has 318 valence electrons. The van der Waals surface area contributed by atoms with Gasteiger partial charge < -0.3 is 19.3 Å². The number of benzene rings is 2. The van der Waals surface area contributed by atoms with Gasteiger partial charge in [-0.15, -0.1) is 0 Å². The number of methoxy groups -OCH3 is 1. The van der Waals surface area contributed by atoms with Crippen LogP contribution in [0.2, 0.25) is 0 Å². The van der Waals surface area contributed by atoms with E-state index >= 15 is 0 Å². The Hall–Kier alpha value is -4.28. The second kappa shape index (κ2) is 18.1. The van der Waals surface area contributed by atoms with Crippen molar-refractivity contribution in [3.05, 3.63) is 71.8 Å². The highest BCUT2D eigenvalue weighted by atomic mass is 16.5. The van der Waals surface area contributed by atoms with E-state index in [-0.39, 0.29) is 30.0 Å². The van der Waals surface area contributed by atoms with Crippen LogP contribution in [0.4, 0.5) is 0 Å². The predicted octanol–water partition coefficient (Wildman–Crippen LogP) is 9.56. The second-order valence-corrected chi connectivity index (χ2v) is 19.9. The third-order valence-electron chi connectivity index (χ3n) is 13.4. The summed E-state index contributed by atoms with van der Waals surface area (Å²) in [5.74, 6) is 2.04. The minimum atomic E-state index is -0.691. The molecule has 4 fully saturated rings. The Morgan fingerprint density at radius 1 is 0.610 bits per heavy atom. The van der Waals surface area contributed by atoms with E-state index in [2.05, 4.69) is 93.8 Å². The first-order valence-corrected chi connectivity index (χ1v) is 22.0. The molecule has 1 N–H and O–H groups in total. The third kappa shape index (κ3) is 11.1. The van der Waals surface area contributed by atoms with Gasteiger partial charge in [0.1, 0.15) is 12.2 Å². The summed E-state index contributed by atoms with van der Waals surface area (Å²) in [7, 11) is 1.45. The maximum Gasteiger partial charge on any atom is 0.311 e. The molecule has 2 aliphatic heterocycles. The van der Waals surface area contributed by atoms with Crippen molar-refractivity contribution in [2.24, 2.45) is 34.5 Å². The normalized spacial score (nSPS) is 23.4. The Balaban J connectivity index is 0.000000179. The Kier molecular flexibility index (Phi) is 13.2. The summed E-state index contributed by atoms with van der Waals surface area (Å²) in [4.78, 5) is 36.4. The molecule has 8 rings (SSSR count). The molecular weight excluding hydrogens is 741 g/mol. The number of aliphatic carboxylic acids is 1. The average Bonchev–Trinajstić information content (AvgIpc) is 3.17. The number of esters is 1. The highest BCUT2D eigenvalue weighted by Crippen LogP contribution is 2.40. The minimum Gasteiger partial charge on any atom is -0.481 e. The molecule has 59 heavy (non-hydrogen) atoms. The highest BCUT2D eigenvalue weighted by Gasteiger charge is 2.35. The predicted molar refractivity (Wildman–Crippen MR) is 232 cm³/mol. The summed E-state index contributed by atoms with van der Waals surface area (Å²) >= 11 is 0. The quantitative estimate of drug-likeness (QED) is 0.156. The van der Waals surface area contributed by atoms with Gasteiger partial charge in [0.05, 0.1) is 30.0 Å². The Morgan fingerprint density at radius 2 is 1.02 bits per heavy atom. The smallest absolute Gasteiger partial charge is 0.311 e. The first-order chi connectivity index (χ1) is 28.1. The lowest BCUT2D eigenvalue weighted by Crippen LogP contribution is -2.49. The second-order valence-electron chi connectivity index (χ2n) is 19.9. The van der Waals surface area contributed by atoms with Gasteiger partial charge in [-0.1, -0.05) is 53.7 Å².